The second-order valence-electron chi connectivity index (χ2n) is 2.23. The van der Waals surface area contributed by atoms with Gasteiger partial charge in [0.1, 0.15) is 5.52 Å². The number of aromatic amines is 1. The number of thioether (sulfide) groups is 1. The molecule has 66 valence electrons. The number of nitrogens with one attached hydrogen (secondary N) is 1. The predicted octanol–water partition coefficient (Wildman–Crippen LogP) is 1.08. The first kappa shape index (κ1) is 10.8. The molecular formula is C7H8N4SSn. The fraction of sp³-hybridized carbons (Fsp3) is 0.286. The molecule has 2 rings (SSSR count). The van der Waals surface area contributed by atoms with E-state index in [4.69, 9.17) is 0 Å². The van der Waals surface area contributed by atoms with Crippen LogP contribution in [0.5, 0.6) is 0 Å². The Morgan fingerprint density at radius 3 is 3.08 bits per heavy atom. The molecule has 2 aromatic heterocycles. The summed E-state index contributed by atoms with van der Waals surface area (Å²) in [7, 11) is 0. The van der Waals surface area contributed by atoms with Crippen LogP contribution in [0, 0.1) is 0 Å². The van der Waals surface area contributed by atoms with Crippen LogP contribution in [0.2, 0.25) is 0 Å². The fourth-order valence-electron chi connectivity index (χ4n) is 0.919. The van der Waals surface area contributed by atoms with Gasteiger partial charge in [0, 0.05) is 23.9 Å². The Hall–Kier alpha value is -0.301. The van der Waals surface area contributed by atoms with Gasteiger partial charge in [-0.25, -0.2) is 15.0 Å². The number of H-pyrrole nitrogens is 1. The quantitative estimate of drug-likeness (QED) is 0.512. The smallest absolute Gasteiger partial charge is 0.189 e. The van der Waals surface area contributed by atoms with Crippen LogP contribution in [0.25, 0.3) is 11.2 Å². The summed E-state index contributed by atoms with van der Waals surface area (Å²) in [4.78, 5) is 15.4. The number of nitrogens with zero attached hydrogens (tertiary/aromatic N) is 3. The van der Waals surface area contributed by atoms with E-state index < -0.39 is 0 Å². The summed E-state index contributed by atoms with van der Waals surface area (Å²) in [5.74, 6) is 0.982. The minimum absolute atomic E-state index is 0. The largest absolute Gasteiger partial charge is 0.342 e. The molecule has 4 nitrogen and oxygen atoms in total. The van der Waals surface area contributed by atoms with Gasteiger partial charge < -0.3 is 4.98 Å². The fourth-order valence-corrected chi connectivity index (χ4v) is 1.46. The van der Waals surface area contributed by atoms with E-state index in [0.29, 0.717) is 0 Å². The van der Waals surface area contributed by atoms with Crippen molar-refractivity contribution in [3.63, 3.8) is 0 Å². The first-order valence-corrected chi connectivity index (χ1v) is 4.67. The standard InChI is InChI=1S/C7H8N4S.Sn/c1-2-12-7-8-3-5-6(11-7)10-4-9-5;/h3-4H,2H2,1H3,(H,8,9,10,11);. The molecule has 13 heavy (non-hydrogen) atoms. The Kier molecular flexibility index (Phi) is 3.98. The van der Waals surface area contributed by atoms with E-state index in [0.717, 1.165) is 22.1 Å². The molecule has 2 aromatic rings. The number of fused-ring (bicyclic) bond motifs is 1. The molecular weight excluding hydrogens is 291 g/mol. The molecule has 0 aromatic carbocycles. The minimum atomic E-state index is 0. The van der Waals surface area contributed by atoms with Gasteiger partial charge in [-0.05, 0) is 5.75 Å². The summed E-state index contributed by atoms with van der Waals surface area (Å²) in [6, 6.07) is 0. The molecule has 0 saturated carbocycles. The number of hydrogen-bond acceptors (Lipinski definition) is 4. The summed E-state index contributed by atoms with van der Waals surface area (Å²) in [5.41, 5.74) is 1.62. The third kappa shape index (κ3) is 2.34. The van der Waals surface area contributed by atoms with Crippen molar-refractivity contribution in [1.29, 1.82) is 0 Å². The van der Waals surface area contributed by atoms with Crippen molar-refractivity contribution in [2.24, 2.45) is 0 Å². The van der Waals surface area contributed by atoms with Gasteiger partial charge in [-0.3, -0.25) is 0 Å². The van der Waals surface area contributed by atoms with Crippen molar-refractivity contribution in [2.75, 3.05) is 5.75 Å². The Morgan fingerprint density at radius 2 is 2.31 bits per heavy atom. The van der Waals surface area contributed by atoms with E-state index in [-0.39, 0.29) is 23.9 Å². The molecule has 0 aliphatic carbocycles. The minimum Gasteiger partial charge on any atom is -0.342 e. The van der Waals surface area contributed by atoms with E-state index in [1.54, 1.807) is 24.3 Å². The number of hydrogen-bond donors (Lipinski definition) is 1. The van der Waals surface area contributed by atoms with E-state index in [1.807, 2.05) is 0 Å². The van der Waals surface area contributed by atoms with E-state index in [1.165, 1.54) is 0 Å². The van der Waals surface area contributed by atoms with Crippen LogP contribution in [0.15, 0.2) is 17.7 Å². The van der Waals surface area contributed by atoms with Gasteiger partial charge in [-0.2, -0.15) is 0 Å². The molecule has 0 fully saturated rings. The predicted molar refractivity (Wildman–Crippen MR) is 53.8 cm³/mol. The van der Waals surface area contributed by atoms with E-state index in [2.05, 4.69) is 26.9 Å². The van der Waals surface area contributed by atoms with Gasteiger partial charge in [0.05, 0.1) is 12.5 Å². The maximum atomic E-state index is 4.23. The molecule has 4 radical (unpaired) electrons. The van der Waals surface area contributed by atoms with Crippen molar-refractivity contribution in [1.82, 2.24) is 19.9 Å². The molecule has 0 unspecified atom stereocenters. The zero-order chi connectivity index (χ0) is 8.39. The molecule has 0 aliphatic heterocycles. The number of imidazole rings is 1. The molecule has 2 heterocycles. The van der Waals surface area contributed by atoms with Crippen LogP contribution in [0.3, 0.4) is 0 Å². The average Bonchev–Trinajstić information content (AvgIpc) is 2.51. The van der Waals surface area contributed by atoms with Gasteiger partial charge in [-0.1, -0.05) is 18.7 Å². The maximum absolute atomic E-state index is 4.23. The Bertz CT molecular complexity index is 389. The van der Waals surface area contributed by atoms with Crippen LogP contribution >= 0.6 is 11.8 Å². The van der Waals surface area contributed by atoms with Gasteiger partial charge in [0.2, 0.25) is 0 Å². The second-order valence-corrected chi connectivity index (χ2v) is 3.46. The summed E-state index contributed by atoms with van der Waals surface area (Å²) in [5, 5.41) is 0.789. The van der Waals surface area contributed by atoms with Gasteiger partial charge in [0.15, 0.2) is 10.8 Å². The van der Waals surface area contributed by atoms with Crippen LogP contribution in [-0.2, 0) is 0 Å². The first-order valence-electron chi connectivity index (χ1n) is 3.69. The molecule has 1 N–H and O–H groups in total. The summed E-state index contributed by atoms with van der Waals surface area (Å²) in [6.07, 6.45) is 3.38. The molecule has 0 spiro atoms. The Morgan fingerprint density at radius 1 is 1.46 bits per heavy atom. The Labute approximate surface area is 96.9 Å². The Balaban J connectivity index is 0.000000845. The molecule has 0 saturated heterocycles. The van der Waals surface area contributed by atoms with Crippen molar-refractivity contribution < 1.29 is 0 Å². The summed E-state index contributed by atoms with van der Waals surface area (Å²) < 4.78 is 0. The second kappa shape index (κ2) is 4.80. The SMILES string of the molecule is CCSc1ncc2[nH]cnc2n1.[Sn]. The summed E-state index contributed by atoms with van der Waals surface area (Å²) >= 11 is 1.62. The van der Waals surface area contributed by atoms with Crippen molar-refractivity contribution in [3.05, 3.63) is 12.5 Å². The van der Waals surface area contributed by atoms with Gasteiger partial charge in [0.25, 0.3) is 0 Å². The van der Waals surface area contributed by atoms with Crippen LogP contribution in [-0.4, -0.2) is 49.6 Å². The normalized spacial score (nSPS) is 9.92. The number of aromatic nitrogens is 4. The molecule has 0 atom stereocenters. The maximum Gasteiger partial charge on any atom is 0.189 e. The van der Waals surface area contributed by atoms with E-state index in [9.17, 15) is 0 Å². The summed E-state index contributed by atoms with van der Waals surface area (Å²) in [6.45, 7) is 2.07. The molecule has 0 aliphatic rings. The van der Waals surface area contributed by atoms with Gasteiger partial charge in [-0.15, -0.1) is 0 Å². The molecule has 0 bridgehead atoms. The van der Waals surface area contributed by atoms with Gasteiger partial charge >= 0.3 is 0 Å². The van der Waals surface area contributed by atoms with Crippen molar-refractivity contribution in [3.8, 4) is 0 Å². The zero-order valence-electron chi connectivity index (χ0n) is 7.11. The average molecular weight is 299 g/mol. The zero-order valence-corrected chi connectivity index (χ0v) is 10.8. The molecule has 0 amide bonds. The third-order valence-electron chi connectivity index (χ3n) is 1.43. The van der Waals surface area contributed by atoms with Crippen molar-refractivity contribution >= 4 is 46.8 Å². The third-order valence-corrected chi connectivity index (χ3v) is 2.17. The van der Waals surface area contributed by atoms with E-state index >= 15 is 0 Å². The van der Waals surface area contributed by atoms with Crippen molar-refractivity contribution in [2.45, 2.75) is 12.1 Å². The number of rotatable bonds is 2. The van der Waals surface area contributed by atoms with Crippen LogP contribution in [0.4, 0.5) is 0 Å². The monoisotopic (exact) mass is 300 g/mol. The van der Waals surface area contributed by atoms with Crippen LogP contribution in [0.1, 0.15) is 6.92 Å². The molecule has 6 heteroatoms. The first-order chi connectivity index (χ1) is 5.90. The topological polar surface area (TPSA) is 54.5 Å². The van der Waals surface area contributed by atoms with Crippen LogP contribution < -0.4 is 0 Å².